The lowest BCUT2D eigenvalue weighted by Gasteiger charge is -2.38. The molecular weight excluding hydrogens is 258 g/mol. The van der Waals surface area contributed by atoms with E-state index >= 15 is 0 Å². The first-order valence-corrected chi connectivity index (χ1v) is 7.68. The maximum Gasteiger partial charge on any atom is 0.323 e. The van der Waals surface area contributed by atoms with Crippen LogP contribution in [0.5, 0.6) is 0 Å². The van der Waals surface area contributed by atoms with E-state index < -0.39 is 11.5 Å². The van der Waals surface area contributed by atoms with Gasteiger partial charge in [0.05, 0.1) is 19.3 Å². The van der Waals surface area contributed by atoms with E-state index in [1.165, 1.54) is 0 Å². The Bertz CT molecular complexity index is 292. The summed E-state index contributed by atoms with van der Waals surface area (Å²) < 4.78 is 11.3. The molecule has 1 fully saturated rings. The Morgan fingerprint density at radius 3 is 2.80 bits per heavy atom. The highest BCUT2D eigenvalue weighted by molar-refractivity contribution is 5.79. The molecule has 2 N–H and O–H groups in total. The minimum atomic E-state index is -0.809. The molecule has 0 aliphatic heterocycles. The third-order valence-electron chi connectivity index (χ3n) is 3.66. The van der Waals surface area contributed by atoms with Gasteiger partial charge in [-0.25, -0.2) is 0 Å². The summed E-state index contributed by atoms with van der Waals surface area (Å²) in [5.74, 6) is -0.234. The van der Waals surface area contributed by atoms with Crippen LogP contribution >= 0.6 is 0 Å². The summed E-state index contributed by atoms with van der Waals surface area (Å²) in [6.07, 6.45) is 3.06. The van der Waals surface area contributed by atoms with Crippen LogP contribution in [0.15, 0.2) is 0 Å². The Morgan fingerprint density at radius 1 is 1.45 bits per heavy atom. The van der Waals surface area contributed by atoms with E-state index in [4.69, 9.17) is 9.47 Å². The Morgan fingerprint density at radius 2 is 2.20 bits per heavy atom. The third kappa shape index (κ3) is 5.38. The van der Waals surface area contributed by atoms with Gasteiger partial charge in [-0.2, -0.15) is 0 Å². The second kappa shape index (κ2) is 8.60. The summed E-state index contributed by atoms with van der Waals surface area (Å²) in [5.41, 5.74) is -0.809. The molecule has 1 rings (SSSR count). The highest BCUT2D eigenvalue weighted by atomic mass is 16.5. The van der Waals surface area contributed by atoms with Crippen LogP contribution in [-0.2, 0) is 14.3 Å². The smallest absolute Gasteiger partial charge is 0.323 e. The fourth-order valence-electron chi connectivity index (χ4n) is 2.73. The van der Waals surface area contributed by atoms with Crippen LogP contribution in [-0.4, -0.2) is 49.1 Å². The Hall–Kier alpha value is -0.650. The van der Waals surface area contributed by atoms with Crippen LogP contribution in [0.25, 0.3) is 0 Å². The highest BCUT2D eigenvalue weighted by Crippen LogP contribution is 2.30. The van der Waals surface area contributed by atoms with Gasteiger partial charge < -0.3 is 19.9 Å². The molecule has 0 aromatic heterocycles. The summed E-state index contributed by atoms with van der Waals surface area (Å²) in [4.78, 5) is 11.5. The van der Waals surface area contributed by atoms with E-state index in [1.54, 1.807) is 0 Å². The van der Waals surface area contributed by atoms with Crippen LogP contribution in [0.4, 0.5) is 0 Å². The van der Waals surface area contributed by atoms with Gasteiger partial charge in [-0.05, 0) is 31.7 Å². The van der Waals surface area contributed by atoms with Crippen molar-refractivity contribution < 1.29 is 19.4 Å². The van der Waals surface area contributed by atoms with Gasteiger partial charge in [0, 0.05) is 13.0 Å². The molecule has 0 bridgehead atoms. The molecule has 0 aromatic rings. The fraction of sp³-hybridized carbons (Fsp3) is 0.933. The van der Waals surface area contributed by atoms with E-state index in [1.807, 2.05) is 6.92 Å². The lowest BCUT2D eigenvalue weighted by Crippen LogP contribution is -2.56. The zero-order valence-electron chi connectivity index (χ0n) is 13.0. The number of carboxylic acid groups (broad SMARTS) is 1. The van der Waals surface area contributed by atoms with Gasteiger partial charge in [-0.3, -0.25) is 4.79 Å². The molecule has 5 nitrogen and oxygen atoms in total. The lowest BCUT2D eigenvalue weighted by molar-refractivity contribution is -0.149. The molecule has 0 spiro atoms. The van der Waals surface area contributed by atoms with Crippen molar-refractivity contribution in [3.63, 3.8) is 0 Å². The van der Waals surface area contributed by atoms with E-state index in [-0.39, 0.29) is 6.10 Å². The van der Waals surface area contributed by atoms with Gasteiger partial charge in [0.25, 0.3) is 0 Å². The SMILES string of the molecule is CCNC1(C(=O)O)CCCC(OCCOCC(C)C)C1. The van der Waals surface area contributed by atoms with Crippen molar-refractivity contribution in [2.45, 2.75) is 58.1 Å². The number of likely N-dealkylation sites (N-methyl/N-ethyl adjacent to an activating group) is 1. The molecule has 1 aliphatic carbocycles. The average molecular weight is 287 g/mol. The van der Waals surface area contributed by atoms with Gasteiger partial charge in [0.15, 0.2) is 0 Å². The molecule has 0 heterocycles. The first-order valence-electron chi connectivity index (χ1n) is 7.68. The second-order valence-corrected chi connectivity index (χ2v) is 5.98. The molecule has 20 heavy (non-hydrogen) atoms. The Balaban J connectivity index is 2.34. The van der Waals surface area contributed by atoms with Crippen molar-refractivity contribution in [1.29, 1.82) is 0 Å². The molecule has 5 heteroatoms. The zero-order chi connectivity index (χ0) is 15.0. The first kappa shape index (κ1) is 17.4. The molecule has 2 atom stereocenters. The molecule has 2 unspecified atom stereocenters. The zero-order valence-corrected chi connectivity index (χ0v) is 13.0. The number of carboxylic acids is 1. The monoisotopic (exact) mass is 287 g/mol. The van der Waals surface area contributed by atoms with Crippen LogP contribution in [0.3, 0.4) is 0 Å². The number of hydrogen-bond donors (Lipinski definition) is 2. The van der Waals surface area contributed by atoms with Gasteiger partial charge in [-0.1, -0.05) is 20.8 Å². The molecule has 0 aromatic carbocycles. The van der Waals surface area contributed by atoms with Crippen molar-refractivity contribution >= 4 is 5.97 Å². The van der Waals surface area contributed by atoms with Gasteiger partial charge >= 0.3 is 5.97 Å². The number of ether oxygens (including phenoxy) is 2. The lowest BCUT2D eigenvalue weighted by atomic mass is 9.80. The molecule has 0 radical (unpaired) electrons. The van der Waals surface area contributed by atoms with Crippen molar-refractivity contribution in [3.05, 3.63) is 0 Å². The first-order chi connectivity index (χ1) is 9.50. The molecule has 118 valence electrons. The maximum absolute atomic E-state index is 11.5. The third-order valence-corrected chi connectivity index (χ3v) is 3.66. The van der Waals surface area contributed by atoms with E-state index in [0.717, 1.165) is 19.4 Å². The molecular formula is C15H29NO4. The molecule has 1 aliphatic rings. The normalized spacial score (nSPS) is 26.9. The quantitative estimate of drug-likeness (QED) is 0.635. The predicted molar refractivity (Wildman–Crippen MR) is 77.9 cm³/mol. The predicted octanol–water partition coefficient (Wildman–Crippen LogP) is 2.05. The van der Waals surface area contributed by atoms with Crippen molar-refractivity contribution in [2.75, 3.05) is 26.4 Å². The average Bonchev–Trinajstić information content (AvgIpc) is 2.38. The van der Waals surface area contributed by atoms with Crippen LogP contribution < -0.4 is 5.32 Å². The molecule has 0 saturated heterocycles. The second-order valence-electron chi connectivity index (χ2n) is 5.98. The van der Waals surface area contributed by atoms with E-state index in [9.17, 15) is 9.90 Å². The summed E-state index contributed by atoms with van der Waals surface area (Å²) in [6, 6.07) is 0. The Kier molecular flexibility index (Phi) is 7.48. The van der Waals surface area contributed by atoms with Crippen molar-refractivity contribution in [1.82, 2.24) is 5.32 Å². The number of nitrogens with one attached hydrogen (secondary N) is 1. The standard InChI is InChI=1S/C15H29NO4/c1-4-16-15(14(17)18)7-5-6-13(10-15)20-9-8-19-11-12(2)3/h12-13,16H,4-11H2,1-3H3,(H,17,18). The minimum absolute atomic E-state index is 0.0153. The van der Waals surface area contributed by atoms with E-state index in [0.29, 0.717) is 38.5 Å². The van der Waals surface area contributed by atoms with Crippen molar-refractivity contribution in [3.8, 4) is 0 Å². The minimum Gasteiger partial charge on any atom is -0.480 e. The largest absolute Gasteiger partial charge is 0.480 e. The molecule has 0 amide bonds. The Labute approximate surface area is 122 Å². The van der Waals surface area contributed by atoms with E-state index in [2.05, 4.69) is 19.2 Å². The van der Waals surface area contributed by atoms with Crippen LogP contribution in [0, 0.1) is 5.92 Å². The number of aliphatic carboxylic acids is 1. The summed E-state index contributed by atoms with van der Waals surface area (Å²) in [6.45, 7) is 8.68. The fourth-order valence-corrected chi connectivity index (χ4v) is 2.73. The highest BCUT2D eigenvalue weighted by Gasteiger charge is 2.42. The molecule has 1 saturated carbocycles. The van der Waals surface area contributed by atoms with Gasteiger partial charge in [0.1, 0.15) is 5.54 Å². The summed E-state index contributed by atoms with van der Waals surface area (Å²) in [5, 5.41) is 12.6. The topological polar surface area (TPSA) is 67.8 Å². The van der Waals surface area contributed by atoms with Gasteiger partial charge in [0.2, 0.25) is 0 Å². The van der Waals surface area contributed by atoms with Crippen LogP contribution in [0.1, 0.15) is 46.5 Å². The number of hydrogen-bond acceptors (Lipinski definition) is 4. The number of carbonyl (C=O) groups is 1. The van der Waals surface area contributed by atoms with Crippen molar-refractivity contribution in [2.24, 2.45) is 5.92 Å². The van der Waals surface area contributed by atoms with Gasteiger partial charge in [-0.15, -0.1) is 0 Å². The summed E-state index contributed by atoms with van der Waals surface area (Å²) >= 11 is 0. The van der Waals surface area contributed by atoms with Crippen LogP contribution in [0.2, 0.25) is 0 Å². The maximum atomic E-state index is 11.5. The summed E-state index contributed by atoms with van der Waals surface area (Å²) in [7, 11) is 0. The number of rotatable bonds is 9.